The van der Waals surface area contributed by atoms with Gasteiger partial charge in [0.05, 0.1) is 11.9 Å². The average molecular weight is 264 g/mol. The van der Waals surface area contributed by atoms with Crippen molar-refractivity contribution in [2.75, 3.05) is 12.4 Å². The highest BCUT2D eigenvalue weighted by atomic mass is 32.2. The number of ether oxygens (including phenoxy) is 1. The highest BCUT2D eigenvalue weighted by molar-refractivity contribution is 7.86. The van der Waals surface area contributed by atoms with Crippen LogP contribution in [0.5, 0.6) is 0 Å². The molecule has 2 atom stereocenters. The zero-order valence-electron chi connectivity index (χ0n) is 11.2. The lowest BCUT2D eigenvalue weighted by atomic mass is 10.1. The molecule has 0 heterocycles. The summed E-state index contributed by atoms with van der Waals surface area (Å²) in [5.74, 6) is 2.93. The minimum absolute atomic E-state index is 0.206. The average Bonchev–Trinajstić information content (AvgIpc) is 2.34. The Morgan fingerprint density at radius 1 is 1.33 bits per heavy atom. The van der Waals surface area contributed by atoms with Crippen molar-refractivity contribution in [2.45, 2.75) is 31.6 Å². The first-order valence-electron chi connectivity index (χ1n) is 5.93. The highest BCUT2D eigenvalue weighted by Crippen LogP contribution is 2.22. The third kappa shape index (κ3) is 4.64. The molecule has 0 saturated carbocycles. The maximum absolute atomic E-state index is 12.2. The number of terminal acetylenes is 1. The highest BCUT2D eigenvalue weighted by Gasteiger charge is 2.24. The van der Waals surface area contributed by atoms with E-state index >= 15 is 0 Å². The van der Waals surface area contributed by atoms with E-state index in [4.69, 9.17) is 11.2 Å². The Kier molecular flexibility index (Phi) is 5.58. The quantitative estimate of drug-likeness (QED) is 0.764. The van der Waals surface area contributed by atoms with E-state index in [1.54, 1.807) is 0 Å². The van der Waals surface area contributed by atoms with Crippen molar-refractivity contribution >= 4 is 10.8 Å². The number of rotatable bonds is 5. The summed E-state index contributed by atoms with van der Waals surface area (Å²) in [4.78, 5) is 0. The molecule has 2 nitrogen and oxygen atoms in total. The Hall–Kier alpha value is -1.11. The molecule has 0 spiro atoms. The van der Waals surface area contributed by atoms with Crippen LogP contribution >= 0.6 is 0 Å². The van der Waals surface area contributed by atoms with E-state index in [-0.39, 0.29) is 17.5 Å². The van der Waals surface area contributed by atoms with Crippen molar-refractivity contribution in [1.29, 1.82) is 0 Å². The summed E-state index contributed by atoms with van der Waals surface area (Å²) in [6.07, 6.45) is 5.01. The van der Waals surface area contributed by atoms with Gasteiger partial charge in [-0.2, -0.15) is 0 Å². The van der Waals surface area contributed by atoms with Gasteiger partial charge >= 0.3 is 0 Å². The third-order valence-corrected chi connectivity index (χ3v) is 4.50. The maximum Gasteiger partial charge on any atom is 0.108 e. The predicted molar refractivity (Wildman–Crippen MR) is 76.7 cm³/mol. The Morgan fingerprint density at radius 2 is 1.94 bits per heavy atom. The standard InChI is InChI=1S/C15H20O2S/c1-5-11-17-14(12-18(16)15(2,3)4)13-9-7-6-8-10-13/h1,6-10,14H,11-12H2,2-4H3/t14-,18-/m0/s1. The second-order valence-corrected chi connectivity index (χ2v) is 7.29. The molecule has 0 unspecified atom stereocenters. The van der Waals surface area contributed by atoms with Crippen LogP contribution in [-0.2, 0) is 15.5 Å². The maximum atomic E-state index is 12.2. The van der Waals surface area contributed by atoms with Crippen LogP contribution in [0.15, 0.2) is 30.3 Å². The van der Waals surface area contributed by atoms with Crippen molar-refractivity contribution in [1.82, 2.24) is 0 Å². The lowest BCUT2D eigenvalue weighted by Gasteiger charge is -2.23. The zero-order valence-corrected chi connectivity index (χ0v) is 12.0. The van der Waals surface area contributed by atoms with Crippen LogP contribution in [0, 0.1) is 12.3 Å². The van der Waals surface area contributed by atoms with E-state index in [0.29, 0.717) is 5.75 Å². The second kappa shape index (κ2) is 6.72. The fourth-order valence-electron chi connectivity index (χ4n) is 1.44. The molecule has 3 heteroatoms. The van der Waals surface area contributed by atoms with Gasteiger partial charge < -0.3 is 4.74 Å². The van der Waals surface area contributed by atoms with E-state index in [9.17, 15) is 4.21 Å². The van der Waals surface area contributed by atoms with Gasteiger partial charge in [-0.25, -0.2) is 0 Å². The molecule has 0 bridgehead atoms. The smallest absolute Gasteiger partial charge is 0.108 e. The molecule has 0 radical (unpaired) electrons. The van der Waals surface area contributed by atoms with Crippen LogP contribution in [-0.4, -0.2) is 21.3 Å². The summed E-state index contributed by atoms with van der Waals surface area (Å²) in [6.45, 7) is 6.13. The van der Waals surface area contributed by atoms with E-state index < -0.39 is 10.8 Å². The van der Waals surface area contributed by atoms with Gasteiger partial charge in [0.25, 0.3) is 0 Å². The lowest BCUT2D eigenvalue weighted by Crippen LogP contribution is -2.27. The van der Waals surface area contributed by atoms with Crippen molar-refractivity contribution in [3.63, 3.8) is 0 Å². The normalized spacial score (nSPS) is 14.8. The van der Waals surface area contributed by atoms with Crippen LogP contribution in [0.3, 0.4) is 0 Å². The first kappa shape index (κ1) is 14.9. The first-order valence-corrected chi connectivity index (χ1v) is 7.25. The van der Waals surface area contributed by atoms with Gasteiger partial charge in [-0.05, 0) is 26.3 Å². The van der Waals surface area contributed by atoms with Crippen LogP contribution in [0.1, 0.15) is 32.4 Å². The minimum atomic E-state index is -0.965. The first-order chi connectivity index (χ1) is 8.45. The Balaban J connectivity index is 2.81. The summed E-state index contributed by atoms with van der Waals surface area (Å²) in [6, 6.07) is 9.79. The van der Waals surface area contributed by atoms with E-state index in [1.165, 1.54) is 0 Å². The topological polar surface area (TPSA) is 26.3 Å². The van der Waals surface area contributed by atoms with E-state index in [0.717, 1.165) is 5.56 Å². The van der Waals surface area contributed by atoms with Gasteiger partial charge in [-0.1, -0.05) is 36.3 Å². The molecular formula is C15H20O2S. The van der Waals surface area contributed by atoms with Gasteiger partial charge in [0, 0.05) is 15.5 Å². The van der Waals surface area contributed by atoms with Crippen molar-refractivity contribution in [2.24, 2.45) is 0 Å². The van der Waals surface area contributed by atoms with Gasteiger partial charge in [0.1, 0.15) is 6.61 Å². The fourth-order valence-corrected chi connectivity index (χ4v) is 2.51. The Labute approximate surface area is 112 Å². The van der Waals surface area contributed by atoms with E-state index in [1.807, 2.05) is 51.1 Å². The molecule has 0 aliphatic heterocycles. The molecule has 0 saturated heterocycles. The van der Waals surface area contributed by atoms with Gasteiger partial charge in [0.2, 0.25) is 0 Å². The summed E-state index contributed by atoms with van der Waals surface area (Å²) in [5, 5.41) is 0. The summed E-state index contributed by atoms with van der Waals surface area (Å²) in [5.41, 5.74) is 1.02. The molecule has 0 aliphatic carbocycles. The van der Waals surface area contributed by atoms with E-state index in [2.05, 4.69) is 5.92 Å². The van der Waals surface area contributed by atoms with Gasteiger partial charge in [-0.15, -0.1) is 6.42 Å². The van der Waals surface area contributed by atoms with Crippen molar-refractivity contribution < 1.29 is 8.95 Å². The molecule has 0 aromatic heterocycles. The number of hydrogen-bond acceptors (Lipinski definition) is 2. The predicted octanol–water partition coefficient (Wildman–Crippen LogP) is 2.92. The molecule has 1 rings (SSSR count). The summed E-state index contributed by atoms with van der Waals surface area (Å²) in [7, 11) is -0.965. The number of hydrogen-bond donors (Lipinski definition) is 0. The molecule has 0 amide bonds. The Bertz CT molecular complexity index is 426. The third-order valence-electron chi connectivity index (χ3n) is 2.52. The van der Waals surface area contributed by atoms with Crippen LogP contribution < -0.4 is 0 Å². The lowest BCUT2D eigenvalue weighted by molar-refractivity contribution is 0.0953. The summed E-state index contributed by atoms with van der Waals surface area (Å²) < 4.78 is 17.6. The summed E-state index contributed by atoms with van der Waals surface area (Å²) >= 11 is 0. The second-order valence-electron chi connectivity index (χ2n) is 5.04. The molecule has 0 fully saturated rings. The zero-order chi connectivity index (χ0) is 13.6. The molecule has 0 N–H and O–H groups in total. The molecule has 1 aromatic carbocycles. The Morgan fingerprint density at radius 3 is 2.44 bits per heavy atom. The van der Waals surface area contributed by atoms with Gasteiger partial charge in [0.15, 0.2) is 0 Å². The molecule has 98 valence electrons. The molecule has 1 aromatic rings. The molecule has 0 aliphatic rings. The largest absolute Gasteiger partial charge is 0.360 e. The van der Waals surface area contributed by atoms with Crippen LogP contribution in [0.25, 0.3) is 0 Å². The van der Waals surface area contributed by atoms with Crippen LogP contribution in [0.4, 0.5) is 0 Å². The van der Waals surface area contributed by atoms with Crippen molar-refractivity contribution in [3.8, 4) is 12.3 Å². The van der Waals surface area contributed by atoms with Gasteiger partial charge in [-0.3, -0.25) is 4.21 Å². The monoisotopic (exact) mass is 264 g/mol. The number of benzene rings is 1. The van der Waals surface area contributed by atoms with Crippen LogP contribution in [0.2, 0.25) is 0 Å². The van der Waals surface area contributed by atoms with Crippen molar-refractivity contribution in [3.05, 3.63) is 35.9 Å². The SMILES string of the molecule is C#CCO[C@@H](C[S@](=O)C(C)(C)C)c1ccccc1. The fraction of sp³-hybridized carbons (Fsp3) is 0.467. The molecule has 18 heavy (non-hydrogen) atoms. The molecular weight excluding hydrogens is 244 g/mol. The minimum Gasteiger partial charge on any atom is -0.360 e.